The largest absolute Gasteiger partial charge is 0.312 e. The second-order valence-electron chi connectivity index (χ2n) is 8.55. The molecule has 1 saturated carbocycles. The maximum Gasteiger partial charge on any atom is 0.00966 e. The monoisotopic (exact) mass is 267 g/mol. The summed E-state index contributed by atoms with van der Waals surface area (Å²) in [6.45, 7) is 15.3. The number of rotatable bonds is 6. The lowest BCUT2D eigenvalue weighted by atomic mass is 9.65. The second kappa shape index (κ2) is 7.11. The molecule has 2 atom stereocenters. The molecule has 2 unspecified atom stereocenters. The van der Waals surface area contributed by atoms with E-state index in [1.54, 1.807) is 0 Å². The molecule has 1 aliphatic rings. The lowest BCUT2D eigenvalue weighted by molar-refractivity contribution is 0.103. The Balaban J connectivity index is 2.50. The molecule has 0 aliphatic heterocycles. The standard InChI is InChI=1S/C18H37N/c1-7-8-9-10-15-13-18(5,6)12-11-16(15)14-19-17(2,3)4/h15-16,19H,7-14H2,1-6H3. The van der Waals surface area contributed by atoms with Crippen molar-refractivity contribution in [3.05, 3.63) is 0 Å². The van der Waals surface area contributed by atoms with Crippen molar-refractivity contribution in [2.45, 2.75) is 92.0 Å². The van der Waals surface area contributed by atoms with Gasteiger partial charge in [0.05, 0.1) is 0 Å². The summed E-state index contributed by atoms with van der Waals surface area (Å²) >= 11 is 0. The Kier molecular flexibility index (Phi) is 6.36. The van der Waals surface area contributed by atoms with Crippen LogP contribution in [0.15, 0.2) is 0 Å². The van der Waals surface area contributed by atoms with Gasteiger partial charge in [-0.1, -0.05) is 46.5 Å². The lowest BCUT2D eigenvalue weighted by Gasteiger charge is -2.42. The van der Waals surface area contributed by atoms with E-state index < -0.39 is 0 Å². The summed E-state index contributed by atoms with van der Waals surface area (Å²) in [5.41, 5.74) is 0.843. The van der Waals surface area contributed by atoms with Gasteiger partial charge in [-0.25, -0.2) is 0 Å². The topological polar surface area (TPSA) is 12.0 Å². The van der Waals surface area contributed by atoms with Gasteiger partial charge in [0.1, 0.15) is 0 Å². The third-order valence-corrected chi connectivity index (χ3v) is 4.75. The Bertz CT molecular complexity index is 249. The van der Waals surface area contributed by atoms with Crippen molar-refractivity contribution in [1.29, 1.82) is 0 Å². The Morgan fingerprint density at radius 1 is 1.11 bits per heavy atom. The van der Waals surface area contributed by atoms with Crippen molar-refractivity contribution in [3.63, 3.8) is 0 Å². The van der Waals surface area contributed by atoms with Gasteiger partial charge in [-0.2, -0.15) is 0 Å². The van der Waals surface area contributed by atoms with E-state index in [2.05, 4.69) is 46.9 Å². The van der Waals surface area contributed by atoms with Crippen LogP contribution in [-0.2, 0) is 0 Å². The van der Waals surface area contributed by atoms with Crippen LogP contribution >= 0.6 is 0 Å². The minimum absolute atomic E-state index is 0.265. The average molecular weight is 268 g/mol. The molecule has 1 heteroatoms. The highest BCUT2D eigenvalue weighted by atomic mass is 14.9. The van der Waals surface area contributed by atoms with Crippen LogP contribution in [0.25, 0.3) is 0 Å². The molecule has 0 aromatic heterocycles. The summed E-state index contributed by atoms with van der Waals surface area (Å²) in [5.74, 6) is 1.86. The van der Waals surface area contributed by atoms with Gasteiger partial charge in [0.25, 0.3) is 0 Å². The molecule has 1 nitrogen and oxygen atoms in total. The summed E-state index contributed by atoms with van der Waals surface area (Å²) in [5, 5.41) is 3.74. The molecule has 0 heterocycles. The Hall–Kier alpha value is -0.0400. The molecule has 0 bridgehead atoms. The van der Waals surface area contributed by atoms with E-state index in [9.17, 15) is 0 Å². The van der Waals surface area contributed by atoms with E-state index in [0.717, 1.165) is 11.8 Å². The van der Waals surface area contributed by atoms with E-state index in [4.69, 9.17) is 0 Å². The number of nitrogens with one attached hydrogen (secondary N) is 1. The molecule has 1 rings (SSSR count). The Labute approximate surface area is 121 Å². The van der Waals surface area contributed by atoms with Gasteiger partial charge in [0.15, 0.2) is 0 Å². The van der Waals surface area contributed by atoms with Crippen LogP contribution in [0.4, 0.5) is 0 Å². The molecule has 1 N–H and O–H groups in total. The summed E-state index contributed by atoms with van der Waals surface area (Å²) < 4.78 is 0. The SMILES string of the molecule is CCCCCC1CC(C)(C)CCC1CNC(C)(C)C. The van der Waals surface area contributed by atoms with Gasteiger partial charge >= 0.3 is 0 Å². The summed E-state index contributed by atoms with van der Waals surface area (Å²) in [4.78, 5) is 0. The van der Waals surface area contributed by atoms with Gasteiger partial charge in [-0.05, 0) is 63.8 Å². The van der Waals surface area contributed by atoms with E-state index in [0.29, 0.717) is 5.41 Å². The fourth-order valence-corrected chi connectivity index (χ4v) is 3.49. The highest BCUT2D eigenvalue weighted by Gasteiger charge is 2.34. The first-order valence-corrected chi connectivity index (χ1v) is 8.48. The predicted octanol–water partition coefficient (Wildman–Crippen LogP) is 5.40. The molecule has 0 radical (unpaired) electrons. The molecule has 0 amide bonds. The first-order valence-electron chi connectivity index (χ1n) is 8.48. The van der Waals surface area contributed by atoms with Crippen LogP contribution in [0, 0.1) is 17.3 Å². The van der Waals surface area contributed by atoms with Crippen LogP contribution in [0.3, 0.4) is 0 Å². The quantitative estimate of drug-likeness (QED) is 0.636. The first-order chi connectivity index (χ1) is 8.73. The molecule has 0 spiro atoms. The Morgan fingerprint density at radius 2 is 1.79 bits per heavy atom. The smallest absolute Gasteiger partial charge is 0.00966 e. The fourth-order valence-electron chi connectivity index (χ4n) is 3.49. The molecule has 1 aliphatic carbocycles. The van der Waals surface area contributed by atoms with Gasteiger partial charge in [0, 0.05) is 5.54 Å². The van der Waals surface area contributed by atoms with Gasteiger partial charge in [-0.3, -0.25) is 0 Å². The van der Waals surface area contributed by atoms with Crippen molar-refractivity contribution >= 4 is 0 Å². The van der Waals surface area contributed by atoms with Gasteiger partial charge in [-0.15, -0.1) is 0 Å². The molecule has 114 valence electrons. The zero-order chi connectivity index (χ0) is 14.5. The van der Waals surface area contributed by atoms with E-state index in [-0.39, 0.29) is 5.54 Å². The molecular weight excluding hydrogens is 230 g/mol. The zero-order valence-corrected chi connectivity index (χ0v) is 14.3. The molecular formula is C18H37N. The van der Waals surface area contributed by atoms with E-state index in [1.807, 2.05) is 0 Å². The van der Waals surface area contributed by atoms with Crippen molar-refractivity contribution in [2.75, 3.05) is 6.54 Å². The highest BCUT2D eigenvalue weighted by molar-refractivity contribution is 4.87. The minimum Gasteiger partial charge on any atom is -0.312 e. The summed E-state index contributed by atoms with van der Waals surface area (Å²) in [7, 11) is 0. The van der Waals surface area contributed by atoms with Gasteiger partial charge < -0.3 is 5.32 Å². The van der Waals surface area contributed by atoms with Crippen LogP contribution < -0.4 is 5.32 Å². The van der Waals surface area contributed by atoms with Crippen LogP contribution in [0.2, 0.25) is 0 Å². The maximum atomic E-state index is 3.74. The first kappa shape index (κ1) is 17.0. The van der Waals surface area contributed by atoms with Crippen LogP contribution in [0.5, 0.6) is 0 Å². The second-order valence-corrected chi connectivity index (χ2v) is 8.55. The third kappa shape index (κ3) is 6.79. The van der Waals surface area contributed by atoms with Crippen molar-refractivity contribution in [1.82, 2.24) is 5.32 Å². The molecule has 0 aromatic rings. The molecule has 0 aromatic carbocycles. The summed E-state index contributed by atoms with van der Waals surface area (Å²) in [6, 6.07) is 0. The lowest BCUT2D eigenvalue weighted by Crippen LogP contribution is -2.43. The maximum absolute atomic E-state index is 3.74. The van der Waals surface area contributed by atoms with Gasteiger partial charge in [0.2, 0.25) is 0 Å². The Morgan fingerprint density at radius 3 is 2.37 bits per heavy atom. The predicted molar refractivity (Wildman–Crippen MR) is 86.5 cm³/mol. The fraction of sp³-hybridized carbons (Fsp3) is 1.00. The molecule has 1 fully saturated rings. The van der Waals surface area contributed by atoms with E-state index >= 15 is 0 Å². The van der Waals surface area contributed by atoms with Crippen molar-refractivity contribution < 1.29 is 0 Å². The number of hydrogen-bond acceptors (Lipinski definition) is 1. The molecule has 19 heavy (non-hydrogen) atoms. The normalized spacial score (nSPS) is 27.5. The van der Waals surface area contributed by atoms with Crippen molar-refractivity contribution in [3.8, 4) is 0 Å². The zero-order valence-electron chi connectivity index (χ0n) is 14.3. The van der Waals surface area contributed by atoms with Crippen LogP contribution in [0.1, 0.15) is 86.5 Å². The average Bonchev–Trinajstić information content (AvgIpc) is 2.26. The minimum atomic E-state index is 0.265. The van der Waals surface area contributed by atoms with Crippen LogP contribution in [-0.4, -0.2) is 12.1 Å². The number of unbranched alkanes of at least 4 members (excludes halogenated alkanes) is 2. The third-order valence-electron chi connectivity index (χ3n) is 4.75. The van der Waals surface area contributed by atoms with Crippen molar-refractivity contribution in [2.24, 2.45) is 17.3 Å². The summed E-state index contributed by atoms with van der Waals surface area (Å²) in [6.07, 6.45) is 9.92. The molecule has 0 saturated heterocycles. The highest BCUT2D eigenvalue weighted by Crippen LogP contribution is 2.43. The number of hydrogen-bond donors (Lipinski definition) is 1. The van der Waals surface area contributed by atoms with E-state index in [1.165, 1.54) is 51.5 Å².